The standard InChI is InChI=1S/C35H43F4N5O4/c1-20(24-8-7-9-27(30(24)36)35(37,38)39)40-31-26-18-25(29(47-6)19-28(26)41-21(2)42-31)22-10-12-23(13-11-22)32(45)43-14-16-44(17-15-43)33(46)48-34(3,4)5/h7-9,18-20,22-23H,10-17H2,1-6H3,(H,40,41,42)/t20-,22?,23?/m1/s1. The van der Waals surface area contributed by atoms with Gasteiger partial charge in [0, 0.05) is 49.1 Å². The normalized spacial score (nSPS) is 19.6. The molecule has 9 nitrogen and oxygen atoms in total. The van der Waals surface area contributed by atoms with E-state index in [1.54, 1.807) is 25.9 Å². The lowest BCUT2D eigenvalue weighted by Crippen LogP contribution is -2.53. The number of benzene rings is 2. The number of hydrogen-bond acceptors (Lipinski definition) is 7. The van der Waals surface area contributed by atoms with Gasteiger partial charge in [-0.15, -0.1) is 0 Å². The monoisotopic (exact) mass is 673 g/mol. The molecule has 1 saturated heterocycles. The summed E-state index contributed by atoms with van der Waals surface area (Å²) in [4.78, 5) is 38.5. The number of nitrogens with one attached hydrogen (secondary N) is 1. The molecule has 1 aliphatic heterocycles. The number of halogens is 4. The first-order chi connectivity index (χ1) is 22.6. The Labute approximate surface area is 278 Å². The molecule has 0 bridgehead atoms. The van der Waals surface area contributed by atoms with Crippen LogP contribution in [0.15, 0.2) is 30.3 Å². The number of methoxy groups -OCH3 is 1. The number of anilines is 1. The van der Waals surface area contributed by atoms with Crippen molar-refractivity contribution in [1.82, 2.24) is 19.8 Å². The van der Waals surface area contributed by atoms with E-state index < -0.39 is 29.2 Å². The third kappa shape index (κ3) is 7.76. The van der Waals surface area contributed by atoms with Crippen LogP contribution in [0.3, 0.4) is 0 Å². The maximum Gasteiger partial charge on any atom is 0.419 e. The zero-order valence-corrected chi connectivity index (χ0v) is 28.2. The predicted molar refractivity (Wildman–Crippen MR) is 173 cm³/mol. The predicted octanol–water partition coefficient (Wildman–Crippen LogP) is 7.63. The van der Waals surface area contributed by atoms with Crippen molar-refractivity contribution in [2.24, 2.45) is 5.92 Å². The summed E-state index contributed by atoms with van der Waals surface area (Å²) in [7, 11) is 1.59. The Morgan fingerprint density at radius 2 is 1.62 bits per heavy atom. The molecule has 1 aliphatic carbocycles. The summed E-state index contributed by atoms with van der Waals surface area (Å²) in [5.74, 6) is 0.212. The second-order valence-corrected chi connectivity index (χ2v) is 13.6. The molecule has 1 saturated carbocycles. The number of rotatable bonds is 6. The van der Waals surface area contributed by atoms with Crippen molar-refractivity contribution in [2.75, 3.05) is 38.6 Å². The fraction of sp³-hybridized carbons (Fsp3) is 0.543. The van der Waals surface area contributed by atoms with Crippen LogP contribution in [0.5, 0.6) is 5.75 Å². The van der Waals surface area contributed by atoms with Crippen LogP contribution in [0.4, 0.5) is 28.2 Å². The lowest BCUT2D eigenvalue weighted by Gasteiger charge is -2.38. The molecule has 260 valence electrons. The fourth-order valence-corrected chi connectivity index (χ4v) is 6.63. The van der Waals surface area contributed by atoms with Gasteiger partial charge in [0.1, 0.15) is 28.8 Å². The number of alkyl halides is 3. The van der Waals surface area contributed by atoms with E-state index in [4.69, 9.17) is 9.47 Å². The average molecular weight is 674 g/mol. The minimum atomic E-state index is -4.82. The van der Waals surface area contributed by atoms with Gasteiger partial charge in [0.25, 0.3) is 0 Å². The Morgan fingerprint density at radius 1 is 0.979 bits per heavy atom. The summed E-state index contributed by atoms with van der Waals surface area (Å²) in [5.41, 5.74) is -0.518. The number of carbonyl (C=O) groups excluding carboxylic acids is 2. The minimum absolute atomic E-state index is 0.0879. The van der Waals surface area contributed by atoms with E-state index in [0.717, 1.165) is 24.5 Å². The fourth-order valence-electron chi connectivity index (χ4n) is 6.63. The highest BCUT2D eigenvalue weighted by Gasteiger charge is 2.36. The Balaban J connectivity index is 1.30. The molecule has 1 aromatic heterocycles. The zero-order valence-electron chi connectivity index (χ0n) is 28.2. The molecule has 48 heavy (non-hydrogen) atoms. The molecule has 0 radical (unpaired) electrons. The second kappa shape index (κ2) is 13.8. The number of ether oxygens (including phenoxy) is 2. The van der Waals surface area contributed by atoms with Crippen molar-refractivity contribution in [1.29, 1.82) is 0 Å². The molecule has 3 aromatic rings. The van der Waals surface area contributed by atoms with Gasteiger partial charge >= 0.3 is 12.3 Å². The Bertz CT molecular complexity index is 1660. The number of amides is 2. The molecule has 1 N–H and O–H groups in total. The van der Waals surface area contributed by atoms with Gasteiger partial charge in [0.15, 0.2) is 0 Å². The highest BCUT2D eigenvalue weighted by atomic mass is 19.4. The number of piperazine rings is 1. The maximum atomic E-state index is 15.0. The van der Waals surface area contributed by atoms with Crippen molar-refractivity contribution in [2.45, 2.75) is 84.0 Å². The van der Waals surface area contributed by atoms with Crippen LogP contribution < -0.4 is 10.1 Å². The van der Waals surface area contributed by atoms with E-state index in [2.05, 4.69) is 15.3 Å². The number of aromatic nitrogens is 2. The number of carbonyl (C=O) groups is 2. The highest BCUT2D eigenvalue weighted by molar-refractivity contribution is 5.91. The topological polar surface area (TPSA) is 96.9 Å². The van der Waals surface area contributed by atoms with Crippen LogP contribution in [0.25, 0.3) is 10.9 Å². The molecule has 0 spiro atoms. The summed E-state index contributed by atoms with van der Waals surface area (Å²) >= 11 is 0. The van der Waals surface area contributed by atoms with Gasteiger partial charge in [-0.2, -0.15) is 13.2 Å². The SMILES string of the molecule is COc1cc2nc(C)nc(N[C@H](C)c3cccc(C(F)(F)F)c3F)c2cc1C1CCC(C(=O)N2CCN(C(=O)OC(C)(C)C)CC2)CC1. The largest absolute Gasteiger partial charge is 0.496 e. The summed E-state index contributed by atoms with van der Waals surface area (Å²) in [6.45, 7) is 10.6. The van der Waals surface area contributed by atoms with Crippen molar-refractivity contribution in [3.05, 3.63) is 58.7 Å². The number of hydrogen-bond donors (Lipinski definition) is 1. The lowest BCUT2D eigenvalue weighted by molar-refractivity contribution is -0.140. The lowest BCUT2D eigenvalue weighted by atomic mass is 9.77. The van der Waals surface area contributed by atoms with E-state index in [-0.39, 0.29) is 29.4 Å². The van der Waals surface area contributed by atoms with Gasteiger partial charge in [-0.25, -0.2) is 19.2 Å². The quantitative estimate of drug-likeness (QED) is 0.269. The number of fused-ring (bicyclic) bond motifs is 1. The van der Waals surface area contributed by atoms with Crippen LogP contribution in [0.2, 0.25) is 0 Å². The molecule has 0 unspecified atom stereocenters. The average Bonchev–Trinajstić information content (AvgIpc) is 3.02. The van der Waals surface area contributed by atoms with Gasteiger partial charge in [0.05, 0.1) is 24.2 Å². The second-order valence-electron chi connectivity index (χ2n) is 13.6. The first kappa shape index (κ1) is 35.2. The van der Waals surface area contributed by atoms with E-state index in [1.807, 2.05) is 37.8 Å². The first-order valence-corrected chi connectivity index (χ1v) is 16.3. The van der Waals surface area contributed by atoms with Gasteiger partial charge in [-0.3, -0.25) is 4.79 Å². The minimum Gasteiger partial charge on any atom is -0.496 e. The van der Waals surface area contributed by atoms with Gasteiger partial charge in [-0.1, -0.05) is 12.1 Å². The maximum absolute atomic E-state index is 15.0. The molecule has 13 heteroatoms. The van der Waals surface area contributed by atoms with Crippen LogP contribution in [-0.2, 0) is 15.7 Å². The highest BCUT2D eigenvalue weighted by Crippen LogP contribution is 2.43. The summed E-state index contributed by atoms with van der Waals surface area (Å²) in [5, 5.41) is 3.76. The van der Waals surface area contributed by atoms with E-state index >= 15 is 0 Å². The third-order valence-corrected chi connectivity index (χ3v) is 9.07. The molecule has 2 aromatic carbocycles. The van der Waals surface area contributed by atoms with E-state index in [9.17, 15) is 27.2 Å². The molecule has 1 atom stereocenters. The summed E-state index contributed by atoms with van der Waals surface area (Å²) < 4.78 is 66.4. The van der Waals surface area contributed by atoms with Crippen LogP contribution in [0.1, 0.15) is 87.9 Å². The van der Waals surface area contributed by atoms with Crippen LogP contribution >= 0.6 is 0 Å². The molecular formula is C35H43F4N5O4. The Kier molecular flexibility index (Phi) is 10.1. The Hall–Kier alpha value is -4.16. The third-order valence-electron chi connectivity index (χ3n) is 9.07. The van der Waals surface area contributed by atoms with Gasteiger partial charge in [0.2, 0.25) is 5.91 Å². The molecule has 2 amide bonds. The van der Waals surface area contributed by atoms with E-state index in [1.165, 1.54) is 12.1 Å². The van der Waals surface area contributed by atoms with Crippen molar-refractivity contribution < 1.29 is 36.6 Å². The van der Waals surface area contributed by atoms with Gasteiger partial charge in [-0.05, 0) is 83.9 Å². The summed E-state index contributed by atoms with van der Waals surface area (Å²) in [6, 6.07) is 6.17. The van der Waals surface area contributed by atoms with Crippen LogP contribution in [-0.4, -0.2) is 70.7 Å². The Morgan fingerprint density at radius 3 is 2.23 bits per heavy atom. The van der Waals surface area contributed by atoms with Crippen molar-refractivity contribution in [3.63, 3.8) is 0 Å². The summed E-state index contributed by atoms with van der Waals surface area (Å²) in [6.07, 6.45) is -2.30. The number of nitrogens with zero attached hydrogens (tertiary/aromatic N) is 4. The van der Waals surface area contributed by atoms with Crippen molar-refractivity contribution >= 4 is 28.7 Å². The smallest absolute Gasteiger partial charge is 0.419 e. The first-order valence-electron chi connectivity index (χ1n) is 16.3. The number of aryl methyl sites for hydroxylation is 1. The molecular weight excluding hydrogens is 630 g/mol. The van der Waals surface area contributed by atoms with Crippen LogP contribution in [0, 0.1) is 18.7 Å². The molecule has 2 heterocycles. The molecule has 2 aliphatic rings. The molecule has 2 fully saturated rings. The molecule has 5 rings (SSSR count). The van der Waals surface area contributed by atoms with Crippen molar-refractivity contribution in [3.8, 4) is 5.75 Å². The van der Waals surface area contributed by atoms with E-state index in [0.29, 0.717) is 67.3 Å². The zero-order chi connectivity index (χ0) is 35.0. The van der Waals surface area contributed by atoms with Gasteiger partial charge < -0.3 is 24.6 Å².